The van der Waals surface area contributed by atoms with Crippen molar-refractivity contribution < 1.29 is 0 Å². The van der Waals surface area contributed by atoms with Gasteiger partial charge in [-0.2, -0.15) is 0 Å². The van der Waals surface area contributed by atoms with Crippen LogP contribution in [-0.4, -0.2) is 16.0 Å². The predicted molar refractivity (Wildman–Crippen MR) is 83.6 cm³/mol. The first kappa shape index (κ1) is 15.0. The van der Waals surface area contributed by atoms with E-state index in [2.05, 4.69) is 34.6 Å². The summed E-state index contributed by atoms with van der Waals surface area (Å²) in [5.41, 5.74) is 3.67. The largest absolute Gasteiger partial charge is 0.367 e. The fourth-order valence-electron chi connectivity index (χ4n) is 2.91. The maximum Gasteiger partial charge on any atom is 0.148 e. The van der Waals surface area contributed by atoms with Crippen LogP contribution in [0.15, 0.2) is 0 Å². The van der Waals surface area contributed by atoms with Gasteiger partial charge in [0, 0.05) is 18.0 Å². The molecular formula is C15H27N5. The summed E-state index contributed by atoms with van der Waals surface area (Å²) in [5.74, 6) is 8.94. The quantitative estimate of drug-likeness (QED) is 0.570. The molecule has 112 valence electrons. The molecule has 0 amide bonds. The molecule has 1 aromatic rings. The number of hydrogen-bond acceptors (Lipinski definition) is 5. The van der Waals surface area contributed by atoms with Crippen LogP contribution in [0.25, 0.3) is 0 Å². The number of anilines is 2. The van der Waals surface area contributed by atoms with Crippen molar-refractivity contribution in [1.82, 2.24) is 9.97 Å². The number of aryl methyl sites for hydroxylation is 1. The Morgan fingerprint density at radius 2 is 1.75 bits per heavy atom. The van der Waals surface area contributed by atoms with Crippen LogP contribution in [0.3, 0.4) is 0 Å². The Bertz CT molecular complexity index is 438. The highest BCUT2D eigenvalue weighted by Crippen LogP contribution is 2.29. The smallest absolute Gasteiger partial charge is 0.148 e. The molecule has 1 saturated carbocycles. The molecular weight excluding hydrogens is 250 g/mol. The van der Waals surface area contributed by atoms with Crippen LogP contribution >= 0.6 is 0 Å². The summed E-state index contributed by atoms with van der Waals surface area (Å²) in [5, 5.41) is 3.60. The Kier molecular flexibility index (Phi) is 5.17. The molecule has 1 aromatic heterocycles. The molecule has 0 aromatic carbocycles. The van der Waals surface area contributed by atoms with Crippen molar-refractivity contribution in [3.05, 3.63) is 11.4 Å². The van der Waals surface area contributed by atoms with Gasteiger partial charge in [-0.05, 0) is 38.5 Å². The zero-order chi connectivity index (χ0) is 14.5. The van der Waals surface area contributed by atoms with Crippen LogP contribution in [0.5, 0.6) is 0 Å². The van der Waals surface area contributed by atoms with E-state index in [1.54, 1.807) is 0 Å². The van der Waals surface area contributed by atoms with Crippen molar-refractivity contribution in [2.24, 2.45) is 11.8 Å². The van der Waals surface area contributed by atoms with Gasteiger partial charge >= 0.3 is 0 Å². The second-order valence-electron chi connectivity index (χ2n) is 5.73. The van der Waals surface area contributed by atoms with Crippen molar-refractivity contribution in [1.29, 1.82) is 0 Å². The molecule has 0 spiro atoms. The third-order valence-electron chi connectivity index (χ3n) is 4.41. The fraction of sp³-hybridized carbons (Fsp3) is 0.733. The van der Waals surface area contributed by atoms with E-state index >= 15 is 0 Å². The number of nitrogens with two attached hydrogens (primary N) is 1. The summed E-state index contributed by atoms with van der Waals surface area (Å²) in [6, 6.07) is 0.529. The van der Waals surface area contributed by atoms with E-state index in [1.165, 1.54) is 32.1 Å². The number of nitrogens with zero attached hydrogens (tertiary/aromatic N) is 2. The SMILES string of the molecule is CCc1nc(NN)c(C)c(NC2CCC(CC)CC2)n1. The summed E-state index contributed by atoms with van der Waals surface area (Å²) in [6.45, 7) is 6.36. The molecule has 4 N–H and O–H groups in total. The first-order chi connectivity index (χ1) is 9.67. The van der Waals surface area contributed by atoms with E-state index in [4.69, 9.17) is 5.84 Å². The topological polar surface area (TPSA) is 75.9 Å². The van der Waals surface area contributed by atoms with Crippen LogP contribution in [0.2, 0.25) is 0 Å². The second kappa shape index (κ2) is 6.88. The molecule has 2 rings (SSSR count). The minimum atomic E-state index is 0.529. The van der Waals surface area contributed by atoms with E-state index < -0.39 is 0 Å². The number of nitrogens with one attached hydrogen (secondary N) is 2. The molecule has 5 nitrogen and oxygen atoms in total. The van der Waals surface area contributed by atoms with Gasteiger partial charge in [0.2, 0.25) is 0 Å². The van der Waals surface area contributed by atoms with E-state index in [0.29, 0.717) is 6.04 Å². The molecule has 20 heavy (non-hydrogen) atoms. The Morgan fingerprint density at radius 1 is 1.10 bits per heavy atom. The zero-order valence-corrected chi connectivity index (χ0v) is 12.9. The van der Waals surface area contributed by atoms with Crippen LogP contribution in [0.4, 0.5) is 11.6 Å². The molecule has 1 aliphatic rings. The van der Waals surface area contributed by atoms with Crippen molar-refractivity contribution in [2.75, 3.05) is 10.7 Å². The number of nitrogen functional groups attached to an aromatic ring is 1. The predicted octanol–water partition coefficient (Wildman–Crippen LogP) is 3.01. The van der Waals surface area contributed by atoms with Gasteiger partial charge in [0.05, 0.1) is 0 Å². The third-order valence-corrected chi connectivity index (χ3v) is 4.41. The Labute approximate surface area is 121 Å². The zero-order valence-electron chi connectivity index (χ0n) is 12.9. The van der Waals surface area contributed by atoms with Crippen LogP contribution < -0.4 is 16.6 Å². The van der Waals surface area contributed by atoms with Gasteiger partial charge < -0.3 is 10.7 Å². The first-order valence-electron chi connectivity index (χ1n) is 7.78. The lowest BCUT2D eigenvalue weighted by atomic mass is 9.84. The Balaban J connectivity index is 2.09. The maximum absolute atomic E-state index is 5.54. The third kappa shape index (κ3) is 3.39. The number of hydrazine groups is 1. The van der Waals surface area contributed by atoms with Gasteiger partial charge in [-0.1, -0.05) is 20.3 Å². The van der Waals surface area contributed by atoms with Gasteiger partial charge in [0.1, 0.15) is 17.5 Å². The Morgan fingerprint density at radius 3 is 2.30 bits per heavy atom. The molecule has 0 bridgehead atoms. The highest BCUT2D eigenvalue weighted by molar-refractivity contribution is 5.57. The first-order valence-corrected chi connectivity index (χ1v) is 7.78. The van der Waals surface area contributed by atoms with E-state index in [-0.39, 0.29) is 0 Å². The molecule has 5 heteroatoms. The van der Waals surface area contributed by atoms with Gasteiger partial charge in [-0.3, -0.25) is 0 Å². The average Bonchev–Trinajstić information content (AvgIpc) is 2.50. The van der Waals surface area contributed by atoms with E-state index in [0.717, 1.165) is 35.4 Å². The molecule has 0 unspecified atom stereocenters. The van der Waals surface area contributed by atoms with Gasteiger partial charge in [-0.15, -0.1) is 0 Å². The van der Waals surface area contributed by atoms with Gasteiger partial charge in [0.15, 0.2) is 0 Å². The maximum atomic E-state index is 5.54. The van der Waals surface area contributed by atoms with E-state index in [9.17, 15) is 0 Å². The average molecular weight is 277 g/mol. The lowest BCUT2D eigenvalue weighted by Gasteiger charge is -2.29. The molecule has 1 heterocycles. The summed E-state index contributed by atoms with van der Waals surface area (Å²) in [6.07, 6.45) is 7.22. The fourth-order valence-corrected chi connectivity index (χ4v) is 2.91. The van der Waals surface area contributed by atoms with Crippen molar-refractivity contribution in [3.63, 3.8) is 0 Å². The summed E-state index contributed by atoms with van der Waals surface area (Å²) in [4.78, 5) is 9.02. The highest BCUT2D eigenvalue weighted by Gasteiger charge is 2.21. The molecule has 0 aliphatic heterocycles. The number of hydrogen-bond donors (Lipinski definition) is 3. The lowest BCUT2D eigenvalue weighted by Crippen LogP contribution is -2.27. The Hall–Kier alpha value is -1.36. The van der Waals surface area contributed by atoms with Crippen molar-refractivity contribution >= 4 is 11.6 Å². The van der Waals surface area contributed by atoms with Crippen molar-refractivity contribution in [3.8, 4) is 0 Å². The summed E-state index contributed by atoms with van der Waals surface area (Å²) >= 11 is 0. The minimum Gasteiger partial charge on any atom is -0.367 e. The summed E-state index contributed by atoms with van der Waals surface area (Å²) < 4.78 is 0. The minimum absolute atomic E-state index is 0.529. The lowest BCUT2D eigenvalue weighted by molar-refractivity contribution is 0.329. The van der Waals surface area contributed by atoms with E-state index in [1.807, 2.05) is 6.92 Å². The molecule has 0 atom stereocenters. The monoisotopic (exact) mass is 277 g/mol. The summed E-state index contributed by atoms with van der Waals surface area (Å²) in [7, 11) is 0. The van der Waals surface area contributed by atoms with Crippen LogP contribution in [0.1, 0.15) is 57.3 Å². The molecule has 1 fully saturated rings. The van der Waals surface area contributed by atoms with Crippen LogP contribution in [-0.2, 0) is 6.42 Å². The highest BCUT2D eigenvalue weighted by atomic mass is 15.3. The van der Waals surface area contributed by atoms with Gasteiger partial charge in [0.25, 0.3) is 0 Å². The standard InChI is InChI=1S/C15H27N5/c1-4-11-6-8-12(9-7-11)17-14-10(3)15(20-16)19-13(5-2)18-14/h11-12H,4-9,16H2,1-3H3,(H2,17,18,19,20). The number of rotatable bonds is 5. The molecule has 1 aliphatic carbocycles. The molecule has 0 saturated heterocycles. The van der Waals surface area contributed by atoms with Gasteiger partial charge in [-0.25, -0.2) is 15.8 Å². The second-order valence-corrected chi connectivity index (χ2v) is 5.73. The van der Waals surface area contributed by atoms with Crippen LogP contribution in [0, 0.1) is 12.8 Å². The number of aromatic nitrogens is 2. The van der Waals surface area contributed by atoms with Crippen molar-refractivity contribution in [2.45, 2.75) is 65.3 Å². The molecule has 0 radical (unpaired) electrons. The normalized spacial score (nSPS) is 22.6.